The Hall–Kier alpha value is -1.40. The van der Waals surface area contributed by atoms with Crippen LogP contribution >= 0.6 is 23.1 Å². The number of carbonyl (C=O) groups excluding carboxylic acids is 1. The second-order valence-electron chi connectivity index (χ2n) is 4.41. The fourth-order valence-corrected chi connectivity index (χ4v) is 4.31. The van der Waals surface area contributed by atoms with E-state index in [-0.39, 0.29) is 23.4 Å². The van der Waals surface area contributed by atoms with Crippen molar-refractivity contribution >= 4 is 29.0 Å². The number of carbonyl (C=O) groups is 1. The number of hydrogen-bond donors (Lipinski definition) is 0. The number of nitrogens with zero attached hydrogens (tertiary/aromatic N) is 1. The maximum absolute atomic E-state index is 13.7. The van der Waals surface area contributed by atoms with Crippen molar-refractivity contribution in [2.75, 3.05) is 5.75 Å². The Balaban J connectivity index is 1.88. The average molecular weight is 311 g/mol. The summed E-state index contributed by atoms with van der Waals surface area (Å²) in [7, 11) is 0. The van der Waals surface area contributed by atoms with Gasteiger partial charge in [0, 0.05) is 10.4 Å². The number of thiophene rings is 1. The summed E-state index contributed by atoms with van der Waals surface area (Å²) in [6.45, 7) is 0.0952. The maximum Gasteiger partial charge on any atom is 0.234 e. The van der Waals surface area contributed by atoms with E-state index >= 15 is 0 Å². The van der Waals surface area contributed by atoms with E-state index in [1.54, 1.807) is 16.2 Å². The predicted octanol–water partition coefficient (Wildman–Crippen LogP) is 3.80. The number of hydrogen-bond acceptors (Lipinski definition) is 3. The SMILES string of the molecule is O=C1CSC(c2cccs2)N1Cc1cccc(F)c1F. The third kappa shape index (κ3) is 2.45. The molecule has 1 aliphatic rings. The van der Waals surface area contributed by atoms with Crippen molar-refractivity contribution in [3.63, 3.8) is 0 Å². The fraction of sp³-hybridized carbons (Fsp3) is 0.214. The van der Waals surface area contributed by atoms with E-state index in [1.165, 1.54) is 23.9 Å². The van der Waals surface area contributed by atoms with Crippen LogP contribution in [0.3, 0.4) is 0 Å². The minimum Gasteiger partial charge on any atom is -0.321 e. The van der Waals surface area contributed by atoms with Crippen LogP contribution in [0.4, 0.5) is 8.78 Å². The smallest absolute Gasteiger partial charge is 0.234 e. The van der Waals surface area contributed by atoms with Gasteiger partial charge in [0.1, 0.15) is 5.37 Å². The molecule has 3 rings (SSSR count). The summed E-state index contributed by atoms with van der Waals surface area (Å²) in [5.41, 5.74) is 0.211. The van der Waals surface area contributed by atoms with E-state index < -0.39 is 11.6 Å². The molecule has 0 radical (unpaired) electrons. The largest absolute Gasteiger partial charge is 0.321 e. The molecule has 1 atom stereocenters. The van der Waals surface area contributed by atoms with Crippen LogP contribution in [-0.4, -0.2) is 16.6 Å². The number of thioether (sulfide) groups is 1. The van der Waals surface area contributed by atoms with Crippen LogP contribution in [0, 0.1) is 11.6 Å². The molecule has 20 heavy (non-hydrogen) atoms. The van der Waals surface area contributed by atoms with Gasteiger partial charge >= 0.3 is 0 Å². The number of amides is 1. The van der Waals surface area contributed by atoms with Gasteiger partial charge in [0.05, 0.1) is 12.3 Å². The molecule has 1 aliphatic heterocycles. The van der Waals surface area contributed by atoms with Gasteiger partial charge in [0.2, 0.25) is 5.91 Å². The monoisotopic (exact) mass is 311 g/mol. The molecule has 2 heterocycles. The molecule has 1 amide bonds. The molecule has 1 aromatic heterocycles. The molecule has 1 unspecified atom stereocenters. The van der Waals surface area contributed by atoms with Crippen molar-refractivity contribution in [3.8, 4) is 0 Å². The zero-order chi connectivity index (χ0) is 14.1. The topological polar surface area (TPSA) is 20.3 Å². The van der Waals surface area contributed by atoms with Crippen molar-refractivity contribution in [3.05, 3.63) is 57.8 Å². The van der Waals surface area contributed by atoms with E-state index in [0.717, 1.165) is 10.9 Å². The predicted molar refractivity (Wildman–Crippen MR) is 76.4 cm³/mol. The van der Waals surface area contributed by atoms with Crippen LogP contribution in [0.1, 0.15) is 15.8 Å². The van der Waals surface area contributed by atoms with E-state index in [1.807, 2.05) is 17.5 Å². The first-order valence-corrected chi connectivity index (χ1v) is 7.97. The molecule has 0 aliphatic carbocycles. The van der Waals surface area contributed by atoms with Crippen LogP contribution in [0.2, 0.25) is 0 Å². The van der Waals surface area contributed by atoms with Crippen molar-refractivity contribution in [2.24, 2.45) is 0 Å². The summed E-state index contributed by atoms with van der Waals surface area (Å²) < 4.78 is 27.0. The molecule has 0 saturated carbocycles. The van der Waals surface area contributed by atoms with Crippen molar-refractivity contribution < 1.29 is 13.6 Å². The highest BCUT2D eigenvalue weighted by Gasteiger charge is 2.33. The van der Waals surface area contributed by atoms with Crippen LogP contribution in [0.15, 0.2) is 35.7 Å². The molecule has 0 N–H and O–H groups in total. The summed E-state index contributed by atoms with van der Waals surface area (Å²) in [4.78, 5) is 14.6. The van der Waals surface area contributed by atoms with E-state index in [2.05, 4.69) is 0 Å². The van der Waals surface area contributed by atoms with Crippen molar-refractivity contribution in [1.82, 2.24) is 4.90 Å². The average Bonchev–Trinajstić information content (AvgIpc) is 3.06. The lowest BCUT2D eigenvalue weighted by Gasteiger charge is -2.23. The van der Waals surface area contributed by atoms with E-state index in [9.17, 15) is 13.6 Å². The minimum atomic E-state index is -0.880. The highest BCUT2D eigenvalue weighted by Crippen LogP contribution is 2.41. The molecule has 0 spiro atoms. The van der Waals surface area contributed by atoms with E-state index in [0.29, 0.717) is 5.75 Å². The number of rotatable bonds is 3. The number of halogens is 2. The first kappa shape index (κ1) is 13.6. The summed E-state index contributed by atoms with van der Waals surface area (Å²) in [6, 6.07) is 7.93. The van der Waals surface area contributed by atoms with Crippen molar-refractivity contribution in [2.45, 2.75) is 11.9 Å². The Morgan fingerprint density at radius 3 is 2.85 bits per heavy atom. The summed E-state index contributed by atoms with van der Waals surface area (Å²) in [5, 5.41) is 1.84. The molecular formula is C14H11F2NOS2. The molecule has 1 fully saturated rings. The van der Waals surface area contributed by atoms with Gasteiger partial charge in [-0.1, -0.05) is 18.2 Å². The first-order valence-electron chi connectivity index (χ1n) is 6.04. The Kier molecular flexibility index (Phi) is 3.76. The normalized spacial score (nSPS) is 18.8. The first-order chi connectivity index (χ1) is 9.66. The highest BCUT2D eigenvalue weighted by atomic mass is 32.2. The Morgan fingerprint density at radius 1 is 1.25 bits per heavy atom. The van der Waals surface area contributed by atoms with Gasteiger partial charge in [-0.15, -0.1) is 23.1 Å². The Labute approximate surface area is 123 Å². The lowest BCUT2D eigenvalue weighted by Crippen LogP contribution is -2.27. The fourth-order valence-electron chi connectivity index (χ4n) is 2.15. The zero-order valence-electron chi connectivity index (χ0n) is 10.4. The molecule has 2 aromatic rings. The third-order valence-electron chi connectivity index (χ3n) is 3.13. The molecule has 6 heteroatoms. The van der Waals surface area contributed by atoms with E-state index in [4.69, 9.17) is 0 Å². The second kappa shape index (κ2) is 5.54. The molecule has 1 aromatic carbocycles. The Morgan fingerprint density at radius 2 is 2.10 bits per heavy atom. The van der Waals surface area contributed by atoms with Gasteiger partial charge in [-0.05, 0) is 17.5 Å². The summed E-state index contributed by atoms with van der Waals surface area (Å²) in [5.74, 6) is -1.42. The van der Waals surface area contributed by atoms with Crippen molar-refractivity contribution in [1.29, 1.82) is 0 Å². The van der Waals surface area contributed by atoms with Crippen LogP contribution in [0.25, 0.3) is 0 Å². The number of benzene rings is 1. The Bertz CT molecular complexity index is 630. The van der Waals surface area contributed by atoms with Gasteiger partial charge in [-0.3, -0.25) is 4.79 Å². The van der Waals surface area contributed by atoms with Gasteiger partial charge in [0.15, 0.2) is 11.6 Å². The molecule has 2 nitrogen and oxygen atoms in total. The summed E-state index contributed by atoms with van der Waals surface area (Å²) >= 11 is 3.08. The van der Waals surface area contributed by atoms with Gasteiger partial charge in [0.25, 0.3) is 0 Å². The molecular weight excluding hydrogens is 300 g/mol. The third-order valence-corrected chi connectivity index (χ3v) is 5.44. The minimum absolute atomic E-state index is 0.0444. The summed E-state index contributed by atoms with van der Waals surface area (Å²) in [6.07, 6.45) is 0. The quantitative estimate of drug-likeness (QED) is 0.859. The molecule has 0 bridgehead atoms. The highest BCUT2D eigenvalue weighted by molar-refractivity contribution is 8.00. The lowest BCUT2D eigenvalue weighted by molar-refractivity contribution is -0.128. The standard InChI is InChI=1S/C14H11F2NOS2/c15-10-4-1-3-9(13(10)16)7-17-12(18)8-20-14(17)11-5-2-6-19-11/h1-6,14H,7-8H2. The van der Waals surface area contributed by atoms with Gasteiger partial charge in [-0.2, -0.15) is 0 Å². The van der Waals surface area contributed by atoms with Crippen LogP contribution in [0.5, 0.6) is 0 Å². The molecule has 104 valence electrons. The van der Waals surface area contributed by atoms with Gasteiger partial charge < -0.3 is 4.90 Å². The lowest BCUT2D eigenvalue weighted by atomic mass is 10.2. The van der Waals surface area contributed by atoms with Crippen LogP contribution < -0.4 is 0 Å². The molecule has 1 saturated heterocycles. The van der Waals surface area contributed by atoms with Crippen LogP contribution in [-0.2, 0) is 11.3 Å². The second-order valence-corrected chi connectivity index (χ2v) is 6.46. The maximum atomic E-state index is 13.7. The van der Waals surface area contributed by atoms with Gasteiger partial charge in [-0.25, -0.2) is 8.78 Å². The zero-order valence-corrected chi connectivity index (χ0v) is 12.0.